The predicted octanol–water partition coefficient (Wildman–Crippen LogP) is 4.60. The molecule has 0 spiro atoms. The zero-order valence-corrected chi connectivity index (χ0v) is 19.7. The maximum absolute atomic E-state index is 13.4. The molecule has 2 aromatic rings. The summed E-state index contributed by atoms with van der Waals surface area (Å²) in [6, 6.07) is 7.84. The van der Waals surface area contributed by atoms with Crippen molar-refractivity contribution >= 4 is 23.2 Å². The maximum atomic E-state index is 13.4. The highest BCUT2D eigenvalue weighted by molar-refractivity contribution is 7.10. The Balaban J connectivity index is 1.79. The van der Waals surface area contributed by atoms with Gasteiger partial charge >= 0.3 is 0 Å². The first kappa shape index (κ1) is 23.1. The minimum atomic E-state index is -0.0458. The van der Waals surface area contributed by atoms with Gasteiger partial charge in [0.2, 0.25) is 18.6 Å². The molecule has 0 saturated carbocycles. The van der Waals surface area contributed by atoms with Gasteiger partial charge in [0.15, 0.2) is 11.5 Å². The summed E-state index contributed by atoms with van der Waals surface area (Å²) in [5.41, 5.74) is 2.15. The molecule has 0 N–H and O–H groups in total. The summed E-state index contributed by atoms with van der Waals surface area (Å²) in [6.45, 7) is 10.0. The molecule has 31 heavy (non-hydrogen) atoms. The second-order valence-corrected chi connectivity index (χ2v) is 9.11. The van der Waals surface area contributed by atoms with E-state index in [4.69, 9.17) is 9.47 Å². The summed E-state index contributed by atoms with van der Waals surface area (Å²) in [5, 5.41) is 2.05. The number of amides is 2. The van der Waals surface area contributed by atoms with Crippen LogP contribution in [0, 0.1) is 12.8 Å². The van der Waals surface area contributed by atoms with Crippen LogP contribution in [0.3, 0.4) is 0 Å². The first-order chi connectivity index (χ1) is 14.9. The van der Waals surface area contributed by atoms with E-state index >= 15 is 0 Å². The maximum Gasteiger partial charge on any atom is 0.242 e. The molecular weight excluding hydrogens is 412 g/mol. The second-order valence-electron chi connectivity index (χ2n) is 8.11. The summed E-state index contributed by atoms with van der Waals surface area (Å²) < 4.78 is 10.9. The third-order valence-corrected chi connectivity index (χ3v) is 6.68. The molecule has 6 nitrogen and oxygen atoms in total. The van der Waals surface area contributed by atoms with Crippen LogP contribution in [0.5, 0.6) is 11.5 Å². The van der Waals surface area contributed by atoms with E-state index in [1.54, 1.807) is 16.2 Å². The van der Waals surface area contributed by atoms with Gasteiger partial charge in [-0.3, -0.25) is 9.59 Å². The van der Waals surface area contributed by atoms with Gasteiger partial charge in [-0.2, -0.15) is 0 Å². The number of fused-ring (bicyclic) bond motifs is 1. The van der Waals surface area contributed by atoms with Gasteiger partial charge < -0.3 is 19.3 Å². The highest BCUT2D eigenvalue weighted by atomic mass is 32.1. The molecule has 1 aliphatic heterocycles. The lowest BCUT2D eigenvalue weighted by Crippen LogP contribution is -2.43. The molecule has 1 aliphatic rings. The summed E-state index contributed by atoms with van der Waals surface area (Å²) in [6.07, 6.45) is 1.37. The molecule has 0 saturated heterocycles. The quantitative estimate of drug-likeness (QED) is 0.537. The Bertz CT molecular complexity index is 911. The molecule has 1 unspecified atom stereocenters. The summed E-state index contributed by atoms with van der Waals surface area (Å²) in [5.74, 6) is 1.76. The van der Waals surface area contributed by atoms with Crippen molar-refractivity contribution in [3.8, 4) is 11.5 Å². The SMILES string of the molecule is CCC(=O)N(CC(=O)N(Cc1ccc2c(c1)OCO2)Cc1sccc1C)CC(C)CC. The van der Waals surface area contributed by atoms with Gasteiger partial charge in [0.05, 0.1) is 13.1 Å². The fraction of sp³-hybridized carbons (Fsp3) is 0.500. The average Bonchev–Trinajstić information content (AvgIpc) is 3.40. The van der Waals surface area contributed by atoms with E-state index in [0.29, 0.717) is 37.7 Å². The third-order valence-electron chi connectivity index (χ3n) is 5.68. The highest BCUT2D eigenvalue weighted by Crippen LogP contribution is 2.33. The fourth-order valence-corrected chi connectivity index (χ4v) is 4.40. The van der Waals surface area contributed by atoms with Gasteiger partial charge in [0.25, 0.3) is 0 Å². The summed E-state index contributed by atoms with van der Waals surface area (Å²) >= 11 is 1.65. The van der Waals surface area contributed by atoms with E-state index < -0.39 is 0 Å². The highest BCUT2D eigenvalue weighted by Gasteiger charge is 2.23. The van der Waals surface area contributed by atoms with Crippen LogP contribution in [-0.2, 0) is 22.7 Å². The lowest BCUT2D eigenvalue weighted by Gasteiger charge is -2.29. The van der Waals surface area contributed by atoms with Crippen LogP contribution in [0.1, 0.15) is 49.6 Å². The van der Waals surface area contributed by atoms with Crippen LogP contribution in [0.25, 0.3) is 0 Å². The molecule has 2 heterocycles. The van der Waals surface area contributed by atoms with Crippen molar-refractivity contribution < 1.29 is 19.1 Å². The number of ether oxygens (including phenoxy) is 2. The molecule has 0 fully saturated rings. The molecule has 1 atom stereocenters. The van der Waals surface area contributed by atoms with Gasteiger partial charge in [-0.15, -0.1) is 11.3 Å². The monoisotopic (exact) mass is 444 g/mol. The number of carbonyl (C=O) groups excluding carboxylic acids is 2. The number of hydrogen-bond acceptors (Lipinski definition) is 5. The minimum Gasteiger partial charge on any atom is -0.454 e. The van der Waals surface area contributed by atoms with Crippen molar-refractivity contribution in [2.75, 3.05) is 19.9 Å². The smallest absolute Gasteiger partial charge is 0.242 e. The van der Waals surface area contributed by atoms with Crippen molar-refractivity contribution in [2.45, 2.75) is 53.6 Å². The standard InChI is InChI=1S/C24H32N2O4S/c1-5-17(3)12-25(23(27)6-2)15-24(28)26(14-22-18(4)9-10-31-22)13-19-7-8-20-21(11-19)30-16-29-20/h7-11,17H,5-6,12-16H2,1-4H3. The fourth-order valence-electron chi connectivity index (χ4n) is 3.48. The Morgan fingerprint density at radius 2 is 1.84 bits per heavy atom. The molecule has 168 valence electrons. The van der Waals surface area contributed by atoms with E-state index in [-0.39, 0.29) is 25.2 Å². The Labute approximate surface area is 188 Å². The molecule has 0 bridgehead atoms. The molecule has 0 aliphatic carbocycles. The molecular formula is C24H32N2O4S. The third kappa shape index (κ3) is 6.00. The topological polar surface area (TPSA) is 59.1 Å². The van der Waals surface area contributed by atoms with E-state index in [1.165, 1.54) is 5.56 Å². The largest absolute Gasteiger partial charge is 0.454 e. The van der Waals surface area contributed by atoms with Crippen LogP contribution in [0.4, 0.5) is 0 Å². The molecule has 1 aromatic carbocycles. The zero-order valence-electron chi connectivity index (χ0n) is 18.8. The Hall–Kier alpha value is -2.54. The Kier molecular flexibility index (Phi) is 7.96. The van der Waals surface area contributed by atoms with Gasteiger partial charge in [0, 0.05) is 24.4 Å². The number of thiophene rings is 1. The van der Waals surface area contributed by atoms with E-state index in [9.17, 15) is 9.59 Å². The van der Waals surface area contributed by atoms with Gasteiger partial charge in [-0.05, 0) is 47.5 Å². The number of nitrogens with zero attached hydrogens (tertiary/aromatic N) is 2. The molecule has 2 amide bonds. The second kappa shape index (κ2) is 10.7. The zero-order chi connectivity index (χ0) is 22.4. The van der Waals surface area contributed by atoms with Crippen LogP contribution in [0.2, 0.25) is 0 Å². The molecule has 3 rings (SSSR count). The molecule has 7 heteroatoms. The van der Waals surface area contributed by atoms with E-state index in [1.807, 2.05) is 35.4 Å². The van der Waals surface area contributed by atoms with E-state index in [2.05, 4.69) is 26.8 Å². The number of benzene rings is 1. The van der Waals surface area contributed by atoms with Gasteiger partial charge in [-0.1, -0.05) is 33.3 Å². The van der Waals surface area contributed by atoms with E-state index in [0.717, 1.165) is 22.6 Å². The number of aryl methyl sites for hydroxylation is 1. The first-order valence-corrected chi connectivity index (χ1v) is 11.8. The van der Waals surface area contributed by atoms with Crippen LogP contribution < -0.4 is 9.47 Å². The number of carbonyl (C=O) groups is 2. The molecule has 1 aromatic heterocycles. The average molecular weight is 445 g/mol. The lowest BCUT2D eigenvalue weighted by molar-refractivity contribution is -0.141. The van der Waals surface area contributed by atoms with Gasteiger partial charge in [0.1, 0.15) is 0 Å². The Morgan fingerprint density at radius 1 is 1.06 bits per heavy atom. The minimum absolute atomic E-state index is 0.0176. The number of hydrogen-bond donors (Lipinski definition) is 0. The lowest BCUT2D eigenvalue weighted by atomic mass is 10.1. The summed E-state index contributed by atoms with van der Waals surface area (Å²) in [4.78, 5) is 30.6. The molecule has 0 radical (unpaired) electrons. The van der Waals surface area contributed by atoms with Crippen molar-refractivity contribution in [1.82, 2.24) is 9.80 Å². The summed E-state index contributed by atoms with van der Waals surface area (Å²) in [7, 11) is 0. The normalized spacial score (nSPS) is 13.2. The van der Waals surface area contributed by atoms with Gasteiger partial charge in [-0.25, -0.2) is 0 Å². The van der Waals surface area contributed by atoms with Crippen LogP contribution in [0.15, 0.2) is 29.6 Å². The number of rotatable bonds is 10. The van der Waals surface area contributed by atoms with Crippen molar-refractivity contribution in [3.05, 3.63) is 45.6 Å². The van der Waals surface area contributed by atoms with Crippen molar-refractivity contribution in [3.63, 3.8) is 0 Å². The van der Waals surface area contributed by atoms with Crippen LogP contribution in [-0.4, -0.2) is 41.5 Å². The van der Waals surface area contributed by atoms with Crippen molar-refractivity contribution in [2.24, 2.45) is 5.92 Å². The first-order valence-electron chi connectivity index (χ1n) is 10.9. The predicted molar refractivity (Wildman–Crippen MR) is 122 cm³/mol. The van der Waals surface area contributed by atoms with Crippen LogP contribution >= 0.6 is 11.3 Å². The Morgan fingerprint density at radius 3 is 2.52 bits per heavy atom. The van der Waals surface area contributed by atoms with Crippen molar-refractivity contribution in [1.29, 1.82) is 0 Å².